The molecule has 0 bridgehead atoms. The van der Waals surface area contributed by atoms with E-state index in [4.69, 9.17) is 11.6 Å². The Morgan fingerprint density at radius 2 is 2.08 bits per heavy atom. The molecule has 0 saturated heterocycles. The Hall–Kier alpha value is -2.80. The van der Waals surface area contributed by atoms with Gasteiger partial charge in [0.25, 0.3) is 11.2 Å². The van der Waals surface area contributed by atoms with Crippen LogP contribution in [0.2, 0.25) is 5.02 Å². The van der Waals surface area contributed by atoms with Crippen molar-refractivity contribution in [3.8, 4) is 0 Å². The molecule has 0 aliphatic carbocycles. The molecule has 0 unspecified atom stereocenters. The fourth-order valence-electron chi connectivity index (χ4n) is 2.79. The highest BCUT2D eigenvalue weighted by Gasteiger charge is 2.17. The number of nitrogens with zero attached hydrogens (tertiary/aromatic N) is 3. The van der Waals surface area contributed by atoms with E-state index in [2.05, 4.69) is 4.98 Å². The lowest BCUT2D eigenvalue weighted by Gasteiger charge is -2.14. The molecular weight excluding hydrogens is 361 g/mol. The van der Waals surface area contributed by atoms with Gasteiger partial charge in [0.1, 0.15) is 11.6 Å². The number of non-ortho nitro benzene ring substituents is 1. The number of aryl methyl sites for hydroxylation is 1. The fraction of sp³-hybridized carbons (Fsp3) is 0.222. The zero-order valence-corrected chi connectivity index (χ0v) is 14.7. The van der Waals surface area contributed by atoms with Gasteiger partial charge in [-0.15, -0.1) is 0 Å². The molecular formula is C18H15ClFN3O3. The standard InChI is InChI=1S/C18H15ClFN3O3/c1-2-4-17-21-16-8-7-11(23(25)26)9-12(16)18(24)22(17)10-13-14(19)5-3-6-15(13)20/h3,5-9H,2,4,10H2,1H3. The molecule has 0 radical (unpaired) electrons. The van der Waals surface area contributed by atoms with Crippen molar-refractivity contribution in [2.75, 3.05) is 0 Å². The Morgan fingerprint density at radius 3 is 2.73 bits per heavy atom. The van der Waals surface area contributed by atoms with Crippen molar-refractivity contribution in [2.24, 2.45) is 0 Å². The van der Waals surface area contributed by atoms with Crippen LogP contribution >= 0.6 is 11.6 Å². The first-order valence-corrected chi connectivity index (χ1v) is 8.41. The third-order valence-corrected chi connectivity index (χ3v) is 4.43. The summed E-state index contributed by atoms with van der Waals surface area (Å²) in [6.07, 6.45) is 1.24. The van der Waals surface area contributed by atoms with Gasteiger partial charge >= 0.3 is 0 Å². The molecule has 1 heterocycles. The zero-order chi connectivity index (χ0) is 18.8. The van der Waals surface area contributed by atoms with Gasteiger partial charge in [-0.3, -0.25) is 19.5 Å². The number of hydrogen-bond acceptors (Lipinski definition) is 4. The van der Waals surface area contributed by atoms with Crippen LogP contribution in [0, 0.1) is 15.9 Å². The molecule has 0 aliphatic heterocycles. The third kappa shape index (κ3) is 3.30. The molecule has 0 aliphatic rings. The minimum Gasteiger partial charge on any atom is -0.291 e. The van der Waals surface area contributed by atoms with Crippen LogP contribution in [-0.4, -0.2) is 14.5 Å². The van der Waals surface area contributed by atoms with E-state index in [-0.39, 0.29) is 28.2 Å². The highest BCUT2D eigenvalue weighted by atomic mass is 35.5. The molecule has 0 N–H and O–H groups in total. The van der Waals surface area contributed by atoms with Gasteiger partial charge in [0.15, 0.2) is 0 Å². The summed E-state index contributed by atoms with van der Waals surface area (Å²) in [6.45, 7) is 1.85. The molecule has 1 aromatic heterocycles. The second-order valence-electron chi connectivity index (χ2n) is 5.83. The minimum absolute atomic E-state index is 0.0920. The maximum Gasteiger partial charge on any atom is 0.270 e. The molecule has 2 aromatic carbocycles. The van der Waals surface area contributed by atoms with E-state index in [0.717, 1.165) is 6.42 Å². The van der Waals surface area contributed by atoms with Crippen LogP contribution in [0.25, 0.3) is 10.9 Å². The number of fused-ring (bicyclic) bond motifs is 1. The third-order valence-electron chi connectivity index (χ3n) is 4.08. The topological polar surface area (TPSA) is 78.0 Å². The van der Waals surface area contributed by atoms with Gasteiger partial charge in [-0.1, -0.05) is 24.6 Å². The molecule has 0 fully saturated rings. The quantitative estimate of drug-likeness (QED) is 0.497. The van der Waals surface area contributed by atoms with Crippen molar-refractivity contribution in [1.82, 2.24) is 9.55 Å². The van der Waals surface area contributed by atoms with Crippen molar-refractivity contribution in [2.45, 2.75) is 26.3 Å². The molecule has 3 rings (SSSR count). The van der Waals surface area contributed by atoms with Crippen molar-refractivity contribution in [3.05, 3.63) is 79.1 Å². The van der Waals surface area contributed by atoms with Crippen LogP contribution < -0.4 is 5.56 Å². The van der Waals surface area contributed by atoms with E-state index in [0.29, 0.717) is 17.8 Å². The summed E-state index contributed by atoms with van der Waals surface area (Å²) in [7, 11) is 0. The van der Waals surface area contributed by atoms with E-state index in [9.17, 15) is 19.3 Å². The molecule has 8 heteroatoms. The van der Waals surface area contributed by atoms with E-state index >= 15 is 0 Å². The average Bonchev–Trinajstić information content (AvgIpc) is 2.60. The van der Waals surface area contributed by atoms with E-state index in [1.165, 1.54) is 34.9 Å². The zero-order valence-electron chi connectivity index (χ0n) is 13.9. The Labute approximate surface area is 153 Å². The maximum absolute atomic E-state index is 14.2. The van der Waals surface area contributed by atoms with Gasteiger partial charge in [-0.05, 0) is 24.6 Å². The van der Waals surface area contributed by atoms with E-state index in [1.54, 1.807) is 6.07 Å². The predicted molar refractivity (Wildman–Crippen MR) is 97.2 cm³/mol. The average molecular weight is 376 g/mol. The largest absolute Gasteiger partial charge is 0.291 e. The van der Waals surface area contributed by atoms with Crippen LogP contribution in [0.15, 0.2) is 41.2 Å². The summed E-state index contributed by atoms with van der Waals surface area (Å²) in [6, 6.07) is 8.25. The first-order chi connectivity index (χ1) is 12.4. The van der Waals surface area contributed by atoms with Crippen LogP contribution in [0.4, 0.5) is 10.1 Å². The van der Waals surface area contributed by atoms with Crippen molar-refractivity contribution >= 4 is 28.2 Å². The number of nitro groups is 1. The molecule has 26 heavy (non-hydrogen) atoms. The lowest BCUT2D eigenvalue weighted by molar-refractivity contribution is -0.384. The molecule has 3 aromatic rings. The van der Waals surface area contributed by atoms with Gasteiger partial charge in [-0.2, -0.15) is 0 Å². The highest BCUT2D eigenvalue weighted by Crippen LogP contribution is 2.22. The molecule has 0 amide bonds. The fourth-order valence-corrected chi connectivity index (χ4v) is 3.01. The number of aromatic nitrogens is 2. The summed E-state index contributed by atoms with van der Waals surface area (Å²) in [5.41, 5.74) is -0.100. The number of halogens is 2. The molecule has 0 atom stereocenters. The van der Waals surface area contributed by atoms with Crippen LogP contribution in [-0.2, 0) is 13.0 Å². The van der Waals surface area contributed by atoms with Crippen molar-refractivity contribution < 1.29 is 9.31 Å². The lowest BCUT2D eigenvalue weighted by Crippen LogP contribution is -2.26. The number of benzene rings is 2. The summed E-state index contributed by atoms with van der Waals surface area (Å²) in [5.74, 6) is -0.0378. The van der Waals surface area contributed by atoms with Crippen LogP contribution in [0.5, 0.6) is 0 Å². The van der Waals surface area contributed by atoms with Gasteiger partial charge in [0, 0.05) is 29.1 Å². The molecule has 0 spiro atoms. The summed E-state index contributed by atoms with van der Waals surface area (Å²) in [4.78, 5) is 27.8. The first kappa shape index (κ1) is 18.0. The van der Waals surface area contributed by atoms with E-state index < -0.39 is 16.3 Å². The number of nitro benzene ring substituents is 1. The highest BCUT2D eigenvalue weighted by molar-refractivity contribution is 6.31. The number of rotatable bonds is 5. The minimum atomic E-state index is -0.573. The van der Waals surface area contributed by atoms with Gasteiger partial charge in [0.2, 0.25) is 0 Å². The van der Waals surface area contributed by atoms with Gasteiger partial charge in [0.05, 0.1) is 22.4 Å². The first-order valence-electron chi connectivity index (χ1n) is 8.03. The smallest absolute Gasteiger partial charge is 0.270 e. The second kappa shape index (κ2) is 7.21. The Balaban J connectivity index is 2.24. The monoisotopic (exact) mass is 375 g/mol. The van der Waals surface area contributed by atoms with Crippen LogP contribution in [0.1, 0.15) is 24.7 Å². The number of hydrogen-bond donors (Lipinski definition) is 0. The predicted octanol–water partition coefficient (Wildman–Crippen LogP) is 4.10. The summed E-state index contributed by atoms with van der Waals surface area (Å²) < 4.78 is 15.5. The Morgan fingerprint density at radius 1 is 1.31 bits per heavy atom. The van der Waals surface area contributed by atoms with E-state index in [1.807, 2.05) is 6.92 Å². The molecule has 6 nitrogen and oxygen atoms in total. The van der Waals surface area contributed by atoms with Crippen molar-refractivity contribution in [1.29, 1.82) is 0 Å². The lowest BCUT2D eigenvalue weighted by atomic mass is 10.1. The normalized spacial score (nSPS) is 11.0. The van der Waals surface area contributed by atoms with Gasteiger partial charge in [-0.25, -0.2) is 9.37 Å². The van der Waals surface area contributed by atoms with Crippen molar-refractivity contribution in [3.63, 3.8) is 0 Å². The molecule has 0 saturated carbocycles. The molecule has 134 valence electrons. The second-order valence-corrected chi connectivity index (χ2v) is 6.24. The van der Waals surface area contributed by atoms with Crippen LogP contribution in [0.3, 0.4) is 0 Å². The summed E-state index contributed by atoms with van der Waals surface area (Å²) in [5, 5.41) is 11.3. The Bertz CT molecular complexity index is 1050. The SMILES string of the molecule is CCCc1nc2ccc([N+](=O)[O-])cc2c(=O)n1Cc1c(F)cccc1Cl. The van der Waals surface area contributed by atoms with Gasteiger partial charge < -0.3 is 0 Å². The maximum atomic E-state index is 14.2. The summed E-state index contributed by atoms with van der Waals surface area (Å²) >= 11 is 6.08. The Kier molecular flexibility index (Phi) is 4.99.